The molecular weight excluding hydrogens is 262 g/mol. The normalized spacial score (nSPS) is 19.6. The van der Waals surface area contributed by atoms with E-state index in [9.17, 15) is 0 Å². The molecule has 1 unspecified atom stereocenters. The van der Waals surface area contributed by atoms with Crippen molar-refractivity contribution in [1.29, 1.82) is 5.41 Å². The molecule has 0 aliphatic carbocycles. The summed E-state index contributed by atoms with van der Waals surface area (Å²) in [6.07, 6.45) is 4.08. The number of anilines is 1. The van der Waals surface area contributed by atoms with Crippen LogP contribution in [0.2, 0.25) is 5.02 Å². The summed E-state index contributed by atoms with van der Waals surface area (Å²) in [5.74, 6) is 0.662. The van der Waals surface area contributed by atoms with Gasteiger partial charge in [-0.1, -0.05) is 11.6 Å². The minimum absolute atomic E-state index is 0.0277. The van der Waals surface area contributed by atoms with Gasteiger partial charge in [0.05, 0.1) is 5.02 Å². The lowest BCUT2D eigenvalue weighted by molar-refractivity contribution is 0.314. The van der Waals surface area contributed by atoms with E-state index < -0.39 is 0 Å². The number of aromatic nitrogens is 1. The number of nitrogens with two attached hydrogens (primary N) is 1. The van der Waals surface area contributed by atoms with E-state index in [0.717, 1.165) is 13.1 Å². The van der Waals surface area contributed by atoms with Crippen LogP contribution in [0.25, 0.3) is 0 Å². The highest BCUT2D eigenvalue weighted by atomic mass is 35.5. The standard InChI is InChI=1S/C13H20ClN5/c1-18-7-3-4-9(18)8-19(2)13-11(14)10(12(15)16)5-6-17-13/h5-6,9H,3-4,7-8H2,1-2H3,(H3,15,16). The third-order valence-corrected chi connectivity index (χ3v) is 4.05. The van der Waals surface area contributed by atoms with Crippen molar-refractivity contribution in [2.24, 2.45) is 5.73 Å². The Hall–Kier alpha value is -1.33. The largest absolute Gasteiger partial charge is 0.384 e. The predicted octanol–water partition coefficient (Wildman–Crippen LogP) is 1.55. The third kappa shape index (κ3) is 2.98. The monoisotopic (exact) mass is 281 g/mol. The summed E-state index contributed by atoms with van der Waals surface area (Å²) in [4.78, 5) is 8.71. The number of hydrogen-bond donors (Lipinski definition) is 2. The van der Waals surface area contributed by atoms with E-state index in [1.165, 1.54) is 12.8 Å². The van der Waals surface area contributed by atoms with Crippen LogP contribution in [0.1, 0.15) is 18.4 Å². The van der Waals surface area contributed by atoms with Crippen molar-refractivity contribution >= 4 is 23.3 Å². The number of halogens is 1. The van der Waals surface area contributed by atoms with Crippen molar-refractivity contribution in [3.05, 3.63) is 22.8 Å². The van der Waals surface area contributed by atoms with Gasteiger partial charge in [0.1, 0.15) is 11.7 Å². The third-order valence-electron chi connectivity index (χ3n) is 3.68. The lowest BCUT2D eigenvalue weighted by Gasteiger charge is -2.27. The molecular formula is C13H20ClN5. The first-order valence-electron chi connectivity index (χ1n) is 6.41. The average Bonchev–Trinajstić information content (AvgIpc) is 2.74. The van der Waals surface area contributed by atoms with Crippen LogP contribution in [0.4, 0.5) is 5.82 Å². The Morgan fingerprint density at radius 2 is 2.42 bits per heavy atom. The molecule has 1 aliphatic rings. The van der Waals surface area contributed by atoms with Gasteiger partial charge < -0.3 is 15.5 Å². The van der Waals surface area contributed by atoms with Crippen molar-refractivity contribution in [1.82, 2.24) is 9.88 Å². The predicted molar refractivity (Wildman–Crippen MR) is 79.2 cm³/mol. The van der Waals surface area contributed by atoms with E-state index in [-0.39, 0.29) is 5.84 Å². The summed E-state index contributed by atoms with van der Waals surface area (Å²) >= 11 is 6.28. The zero-order valence-electron chi connectivity index (χ0n) is 11.4. The molecule has 0 spiro atoms. The molecule has 19 heavy (non-hydrogen) atoms. The molecule has 2 heterocycles. The van der Waals surface area contributed by atoms with E-state index in [1.807, 2.05) is 11.9 Å². The number of likely N-dealkylation sites (N-methyl/N-ethyl adjacent to an activating group) is 2. The van der Waals surface area contributed by atoms with Gasteiger partial charge in [0.15, 0.2) is 0 Å². The van der Waals surface area contributed by atoms with Gasteiger partial charge in [0, 0.05) is 31.4 Å². The lowest BCUT2D eigenvalue weighted by atomic mass is 10.2. The van der Waals surface area contributed by atoms with Gasteiger partial charge >= 0.3 is 0 Å². The fourth-order valence-electron chi connectivity index (χ4n) is 2.52. The van der Waals surface area contributed by atoms with E-state index in [1.54, 1.807) is 12.3 Å². The van der Waals surface area contributed by atoms with E-state index in [0.29, 0.717) is 22.4 Å². The van der Waals surface area contributed by atoms with Crippen molar-refractivity contribution in [3.63, 3.8) is 0 Å². The minimum atomic E-state index is -0.0277. The maximum absolute atomic E-state index is 7.51. The molecule has 0 radical (unpaired) electrons. The Labute approximate surface area is 118 Å². The quantitative estimate of drug-likeness (QED) is 0.649. The summed E-state index contributed by atoms with van der Waals surface area (Å²) in [6.45, 7) is 2.03. The highest BCUT2D eigenvalue weighted by Crippen LogP contribution is 2.27. The second kappa shape index (κ2) is 5.75. The average molecular weight is 282 g/mol. The number of likely N-dealkylation sites (tertiary alicyclic amines) is 1. The number of hydrogen-bond acceptors (Lipinski definition) is 4. The van der Waals surface area contributed by atoms with Gasteiger partial charge in [0.2, 0.25) is 0 Å². The highest BCUT2D eigenvalue weighted by Gasteiger charge is 2.23. The molecule has 3 N–H and O–H groups in total. The number of amidine groups is 1. The van der Waals surface area contributed by atoms with Crippen molar-refractivity contribution in [2.45, 2.75) is 18.9 Å². The molecule has 1 fully saturated rings. The Bertz CT molecular complexity index is 476. The second-order valence-corrected chi connectivity index (χ2v) is 5.44. The lowest BCUT2D eigenvalue weighted by Crippen LogP contribution is -2.37. The smallest absolute Gasteiger partial charge is 0.147 e. The maximum Gasteiger partial charge on any atom is 0.147 e. The number of pyridine rings is 1. The van der Waals surface area contributed by atoms with Crippen molar-refractivity contribution in [2.75, 3.05) is 32.1 Å². The summed E-state index contributed by atoms with van der Waals surface area (Å²) in [6, 6.07) is 2.20. The molecule has 0 bridgehead atoms. The molecule has 2 rings (SSSR count). The second-order valence-electron chi connectivity index (χ2n) is 5.07. The summed E-state index contributed by atoms with van der Waals surface area (Å²) in [7, 11) is 4.12. The Balaban J connectivity index is 2.17. The number of nitrogens with zero attached hydrogens (tertiary/aromatic N) is 3. The topological polar surface area (TPSA) is 69.2 Å². The molecule has 6 heteroatoms. The first-order valence-corrected chi connectivity index (χ1v) is 6.78. The zero-order chi connectivity index (χ0) is 14.0. The molecule has 0 amide bonds. The molecule has 1 aromatic heterocycles. The summed E-state index contributed by atoms with van der Waals surface area (Å²) < 4.78 is 0. The van der Waals surface area contributed by atoms with Crippen LogP contribution < -0.4 is 10.6 Å². The Morgan fingerprint density at radius 1 is 1.68 bits per heavy atom. The molecule has 0 aromatic carbocycles. The number of nitrogen functional groups attached to an aromatic ring is 1. The minimum Gasteiger partial charge on any atom is -0.384 e. The Kier molecular flexibility index (Phi) is 4.27. The first kappa shape index (κ1) is 14.1. The van der Waals surface area contributed by atoms with Crippen molar-refractivity contribution < 1.29 is 0 Å². The van der Waals surface area contributed by atoms with Crippen molar-refractivity contribution in [3.8, 4) is 0 Å². The van der Waals surface area contributed by atoms with Gasteiger partial charge in [-0.25, -0.2) is 4.98 Å². The van der Waals surface area contributed by atoms with Crippen LogP contribution >= 0.6 is 11.6 Å². The summed E-state index contributed by atoms with van der Waals surface area (Å²) in [5.41, 5.74) is 6.05. The number of nitrogens with one attached hydrogen (secondary N) is 1. The molecule has 1 saturated heterocycles. The van der Waals surface area contributed by atoms with E-state index in [4.69, 9.17) is 22.7 Å². The van der Waals surface area contributed by atoms with Gasteiger partial charge in [0.25, 0.3) is 0 Å². The van der Waals surface area contributed by atoms with E-state index >= 15 is 0 Å². The highest BCUT2D eigenvalue weighted by molar-refractivity contribution is 6.36. The SMILES string of the molecule is CN(CC1CCCN1C)c1nccc(C(=N)N)c1Cl. The molecule has 104 valence electrons. The number of rotatable bonds is 4. The van der Waals surface area contributed by atoms with Gasteiger partial charge in [-0.2, -0.15) is 0 Å². The van der Waals surface area contributed by atoms with Gasteiger partial charge in [-0.15, -0.1) is 0 Å². The fraction of sp³-hybridized carbons (Fsp3) is 0.538. The molecule has 0 saturated carbocycles. The molecule has 1 aromatic rings. The van der Waals surface area contributed by atoms with Crippen LogP contribution in [-0.4, -0.2) is 48.9 Å². The first-order chi connectivity index (χ1) is 9.00. The molecule has 5 nitrogen and oxygen atoms in total. The van der Waals surface area contributed by atoms with Crippen LogP contribution in [0.5, 0.6) is 0 Å². The van der Waals surface area contributed by atoms with E-state index in [2.05, 4.69) is 16.9 Å². The Morgan fingerprint density at radius 3 is 3.00 bits per heavy atom. The van der Waals surface area contributed by atoms with Crippen LogP contribution in [-0.2, 0) is 0 Å². The van der Waals surface area contributed by atoms with Gasteiger partial charge in [-0.3, -0.25) is 5.41 Å². The van der Waals surface area contributed by atoms with Crippen LogP contribution in [0.3, 0.4) is 0 Å². The zero-order valence-corrected chi connectivity index (χ0v) is 12.1. The fourth-order valence-corrected chi connectivity index (χ4v) is 2.88. The maximum atomic E-state index is 7.51. The van der Waals surface area contributed by atoms with Crippen LogP contribution in [0, 0.1) is 5.41 Å². The summed E-state index contributed by atoms with van der Waals surface area (Å²) in [5, 5.41) is 7.97. The van der Waals surface area contributed by atoms with Gasteiger partial charge in [-0.05, 0) is 32.5 Å². The van der Waals surface area contributed by atoms with Crippen LogP contribution in [0.15, 0.2) is 12.3 Å². The molecule has 1 atom stereocenters. The molecule has 1 aliphatic heterocycles.